The van der Waals surface area contributed by atoms with Crippen LogP contribution in [0.25, 0.3) is 0 Å². The third-order valence-electron chi connectivity index (χ3n) is 2.63. The Bertz CT molecular complexity index is 313. The number of hydrogen-bond donors (Lipinski definition) is 1. The monoisotopic (exact) mass is 267 g/mol. The van der Waals surface area contributed by atoms with Crippen LogP contribution in [0.4, 0.5) is 0 Å². The largest absolute Gasteiger partial charge is 0.212 e. The fraction of sp³-hybridized carbons (Fsp3) is 1.00. The molecule has 0 aliphatic heterocycles. The summed E-state index contributed by atoms with van der Waals surface area (Å²) in [5.74, 6) is 0.181. The number of hydrogen-bond acceptors (Lipinski definition) is 2. The smallest absolute Gasteiger partial charge is 0.212 e. The van der Waals surface area contributed by atoms with Gasteiger partial charge in [-0.1, -0.05) is 20.8 Å². The van der Waals surface area contributed by atoms with Crippen LogP contribution in [-0.4, -0.2) is 25.6 Å². The summed E-state index contributed by atoms with van der Waals surface area (Å²) >= 11 is 5.98. The summed E-state index contributed by atoms with van der Waals surface area (Å²) in [4.78, 5) is 0. The first-order valence-corrected chi connectivity index (χ1v) is 7.91. The van der Waals surface area contributed by atoms with Gasteiger partial charge in [-0.25, -0.2) is 13.1 Å². The zero-order chi connectivity index (χ0) is 12.4. The lowest BCUT2D eigenvalue weighted by Crippen LogP contribution is -2.41. The number of nitrogens with one attached hydrogen (secondary N) is 1. The molecule has 0 spiro atoms. The van der Waals surface area contributed by atoms with Crippen LogP contribution >= 0.6 is 11.6 Å². The average Bonchev–Trinajstić information content (AvgIpc) is 2.04. The van der Waals surface area contributed by atoms with E-state index in [1.807, 2.05) is 20.8 Å². The molecule has 1 saturated carbocycles. The van der Waals surface area contributed by atoms with E-state index in [1.165, 1.54) is 0 Å². The van der Waals surface area contributed by atoms with Gasteiger partial charge in [0, 0.05) is 11.4 Å². The molecule has 0 bridgehead atoms. The summed E-state index contributed by atoms with van der Waals surface area (Å²) in [5.41, 5.74) is -0.199. The molecule has 0 heterocycles. The van der Waals surface area contributed by atoms with Gasteiger partial charge in [0.1, 0.15) is 0 Å². The Labute approximate surface area is 104 Å². The van der Waals surface area contributed by atoms with E-state index in [0.717, 1.165) is 25.7 Å². The molecular weight excluding hydrogens is 246 g/mol. The molecule has 1 fully saturated rings. The third kappa shape index (κ3) is 5.51. The molecule has 0 saturated heterocycles. The molecule has 0 atom stereocenters. The average molecular weight is 268 g/mol. The van der Waals surface area contributed by atoms with Crippen LogP contribution in [0, 0.1) is 5.41 Å². The van der Waals surface area contributed by atoms with Crippen molar-refractivity contribution in [3.05, 3.63) is 0 Å². The Balaban J connectivity index is 2.47. The highest BCUT2D eigenvalue weighted by atomic mass is 35.5. The molecule has 0 unspecified atom stereocenters. The third-order valence-corrected chi connectivity index (χ3v) is 5.00. The van der Waals surface area contributed by atoms with Crippen molar-refractivity contribution in [2.45, 2.75) is 57.9 Å². The molecule has 3 nitrogen and oxygen atoms in total. The predicted molar refractivity (Wildman–Crippen MR) is 68.3 cm³/mol. The number of rotatable bonds is 3. The van der Waals surface area contributed by atoms with Gasteiger partial charge in [-0.3, -0.25) is 0 Å². The van der Waals surface area contributed by atoms with E-state index < -0.39 is 10.0 Å². The summed E-state index contributed by atoms with van der Waals surface area (Å²) < 4.78 is 26.5. The van der Waals surface area contributed by atoms with Crippen LogP contribution in [0.2, 0.25) is 0 Å². The van der Waals surface area contributed by atoms with E-state index in [4.69, 9.17) is 11.6 Å². The van der Waals surface area contributed by atoms with Crippen LogP contribution in [0.5, 0.6) is 0 Å². The van der Waals surface area contributed by atoms with E-state index >= 15 is 0 Å². The first-order valence-electron chi connectivity index (χ1n) is 5.82. The van der Waals surface area contributed by atoms with Gasteiger partial charge in [-0.15, -0.1) is 11.6 Å². The lowest BCUT2D eigenvalue weighted by atomic mass is 9.96. The van der Waals surface area contributed by atoms with Gasteiger partial charge in [0.2, 0.25) is 10.0 Å². The van der Waals surface area contributed by atoms with Gasteiger partial charge in [-0.2, -0.15) is 0 Å². The molecule has 1 rings (SSSR count). The molecule has 0 aromatic rings. The quantitative estimate of drug-likeness (QED) is 0.799. The van der Waals surface area contributed by atoms with Crippen LogP contribution < -0.4 is 4.72 Å². The minimum atomic E-state index is -3.15. The molecule has 5 heteroatoms. The highest BCUT2D eigenvalue weighted by Gasteiger charge is 2.26. The minimum Gasteiger partial charge on any atom is -0.212 e. The fourth-order valence-corrected chi connectivity index (χ4v) is 4.26. The van der Waals surface area contributed by atoms with Crippen LogP contribution in [-0.2, 0) is 10.0 Å². The summed E-state index contributed by atoms with van der Waals surface area (Å²) in [6.07, 6.45) is 3.53. The van der Waals surface area contributed by atoms with Crippen molar-refractivity contribution >= 4 is 21.6 Å². The maximum absolute atomic E-state index is 11.9. The lowest BCUT2D eigenvalue weighted by molar-refractivity contribution is 0.407. The topological polar surface area (TPSA) is 46.2 Å². The van der Waals surface area contributed by atoms with Crippen LogP contribution in [0.15, 0.2) is 0 Å². The summed E-state index contributed by atoms with van der Waals surface area (Å²) in [5, 5.41) is 0.225. The molecule has 1 aliphatic rings. The van der Waals surface area contributed by atoms with Gasteiger partial charge >= 0.3 is 0 Å². The van der Waals surface area contributed by atoms with Gasteiger partial charge in [-0.05, 0) is 31.1 Å². The molecule has 0 aromatic carbocycles. The first-order chi connectivity index (χ1) is 7.18. The molecule has 0 amide bonds. The van der Waals surface area contributed by atoms with Crippen molar-refractivity contribution in [3.63, 3.8) is 0 Å². The lowest BCUT2D eigenvalue weighted by Gasteiger charge is -2.27. The number of halogens is 1. The van der Waals surface area contributed by atoms with Crippen molar-refractivity contribution in [2.75, 3.05) is 5.75 Å². The van der Waals surface area contributed by atoms with E-state index in [1.54, 1.807) is 0 Å². The Morgan fingerprint density at radius 3 is 2.12 bits per heavy atom. The maximum Gasteiger partial charge on any atom is 0.212 e. The van der Waals surface area contributed by atoms with Gasteiger partial charge in [0.05, 0.1) is 5.75 Å². The van der Waals surface area contributed by atoms with Gasteiger partial charge < -0.3 is 0 Å². The number of alkyl halides is 1. The second-order valence-electron chi connectivity index (χ2n) is 5.89. The first kappa shape index (κ1) is 14.3. The standard InChI is InChI=1S/C11H22ClNO2S/c1-11(2,3)8-16(14,15)13-10-6-4-9(12)5-7-10/h9-10,13H,4-8H2,1-3H3. The van der Waals surface area contributed by atoms with Crippen LogP contribution in [0.3, 0.4) is 0 Å². The summed E-state index contributed by atoms with van der Waals surface area (Å²) in [6, 6.07) is 0.0855. The highest BCUT2D eigenvalue weighted by molar-refractivity contribution is 7.89. The zero-order valence-corrected chi connectivity index (χ0v) is 11.9. The van der Waals surface area contributed by atoms with Gasteiger partial charge in [0.15, 0.2) is 0 Å². The SMILES string of the molecule is CC(C)(C)CS(=O)(=O)NC1CCC(Cl)CC1. The van der Waals surface area contributed by atoms with E-state index in [2.05, 4.69) is 4.72 Å². The van der Waals surface area contributed by atoms with Crippen molar-refractivity contribution in [1.29, 1.82) is 0 Å². The van der Waals surface area contributed by atoms with Crippen molar-refractivity contribution < 1.29 is 8.42 Å². The van der Waals surface area contributed by atoms with E-state index in [-0.39, 0.29) is 22.6 Å². The van der Waals surface area contributed by atoms with E-state index in [0.29, 0.717) is 0 Å². The molecule has 0 radical (unpaired) electrons. The molecule has 0 aromatic heterocycles. The minimum absolute atomic E-state index is 0.0855. The fourth-order valence-electron chi connectivity index (χ4n) is 2.04. The zero-order valence-electron chi connectivity index (χ0n) is 10.3. The Kier molecular flexibility index (Phi) is 4.66. The van der Waals surface area contributed by atoms with Gasteiger partial charge in [0.25, 0.3) is 0 Å². The van der Waals surface area contributed by atoms with Crippen molar-refractivity contribution in [2.24, 2.45) is 5.41 Å². The maximum atomic E-state index is 11.9. The highest BCUT2D eigenvalue weighted by Crippen LogP contribution is 2.24. The Hall–Kier alpha value is 0.200. The molecule has 1 aliphatic carbocycles. The number of sulfonamides is 1. The van der Waals surface area contributed by atoms with Crippen LogP contribution in [0.1, 0.15) is 46.5 Å². The summed E-state index contributed by atoms with van der Waals surface area (Å²) in [6.45, 7) is 5.80. The van der Waals surface area contributed by atoms with Crippen molar-refractivity contribution in [3.8, 4) is 0 Å². The molecule has 96 valence electrons. The molecule has 16 heavy (non-hydrogen) atoms. The summed E-state index contributed by atoms with van der Waals surface area (Å²) in [7, 11) is -3.15. The molecule has 1 N–H and O–H groups in total. The second kappa shape index (κ2) is 5.23. The Morgan fingerprint density at radius 1 is 1.19 bits per heavy atom. The van der Waals surface area contributed by atoms with E-state index in [9.17, 15) is 8.42 Å². The Morgan fingerprint density at radius 2 is 1.69 bits per heavy atom. The second-order valence-corrected chi connectivity index (χ2v) is 8.26. The molecular formula is C11H22ClNO2S. The predicted octanol–water partition coefficient (Wildman–Crippen LogP) is 2.50. The van der Waals surface area contributed by atoms with Crippen molar-refractivity contribution in [1.82, 2.24) is 4.72 Å². The normalized spacial score (nSPS) is 28.0.